The van der Waals surface area contributed by atoms with E-state index in [9.17, 15) is 10.0 Å². The molecule has 156 valence electrons. The van der Waals surface area contributed by atoms with Crippen molar-refractivity contribution < 1.29 is 10.0 Å². The molecule has 0 saturated heterocycles. The highest BCUT2D eigenvalue weighted by atomic mass is 16.4. The molecule has 3 aromatic carbocycles. The van der Waals surface area contributed by atoms with Crippen molar-refractivity contribution in [1.29, 1.82) is 0 Å². The van der Waals surface area contributed by atoms with Gasteiger partial charge in [0.05, 0.1) is 0 Å². The summed E-state index contributed by atoms with van der Waals surface area (Å²) >= 11 is 0. The first-order valence-corrected chi connectivity index (χ1v) is 10.4. The van der Waals surface area contributed by atoms with E-state index < -0.39 is 7.12 Å². The molecule has 0 aromatic heterocycles. The van der Waals surface area contributed by atoms with Gasteiger partial charge in [0, 0.05) is 17.1 Å². The zero-order valence-corrected chi connectivity index (χ0v) is 18.8. The zero-order chi connectivity index (χ0) is 22.1. The van der Waals surface area contributed by atoms with E-state index in [4.69, 9.17) is 0 Å². The lowest BCUT2D eigenvalue weighted by Crippen LogP contribution is -2.29. The highest BCUT2D eigenvalue weighted by molar-refractivity contribution is 6.58. The summed E-state index contributed by atoms with van der Waals surface area (Å²) in [5.41, 5.74) is 6.32. The van der Waals surface area contributed by atoms with Crippen molar-refractivity contribution in [2.24, 2.45) is 0 Å². The van der Waals surface area contributed by atoms with E-state index in [1.165, 1.54) is 11.1 Å². The van der Waals surface area contributed by atoms with Gasteiger partial charge in [-0.2, -0.15) is 0 Å². The molecule has 0 aliphatic carbocycles. The Morgan fingerprint density at radius 3 is 1.10 bits per heavy atom. The largest absolute Gasteiger partial charge is 0.488 e. The molecule has 3 aromatic rings. The molecule has 0 saturated carbocycles. The topological polar surface area (TPSA) is 43.7 Å². The Kier molecular flexibility index (Phi) is 6.12. The van der Waals surface area contributed by atoms with Crippen molar-refractivity contribution in [2.75, 3.05) is 4.90 Å². The highest BCUT2D eigenvalue weighted by Gasteiger charge is 2.19. The lowest BCUT2D eigenvalue weighted by Gasteiger charge is -2.28. The highest BCUT2D eigenvalue weighted by Crippen LogP contribution is 2.36. The molecule has 0 bridgehead atoms. The first kappa shape index (κ1) is 22.1. The van der Waals surface area contributed by atoms with Crippen molar-refractivity contribution >= 4 is 29.6 Å². The first-order chi connectivity index (χ1) is 14.0. The summed E-state index contributed by atoms with van der Waals surface area (Å²) in [5.74, 6) is 0. The van der Waals surface area contributed by atoms with Crippen LogP contribution in [0.4, 0.5) is 17.1 Å². The van der Waals surface area contributed by atoms with Crippen LogP contribution < -0.4 is 10.4 Å². The summed E-state index contributed by atoms with van der Waals surface area (Å²) < 4.78 is 0. The van der Waals surface area contributed by atoms with Crippen LogP contribution >= 0.6 is 0 Å². The predicted octanol–water partition coefficient (Wildman–Crippen LogP) is 5.43. The summed E-state index contributed by atoms with van der Waals surface area (Å²) in [6.07, 6.45) is 0. The molecule has 0 unspecified atom stereocenters. The smallest absolute Gasteiger partial charge is 0.423 e. The van der Waals surface area contributed by atoms with Crippen LogP contribution in [0.1, 0.15) is 52.7 Å². The average molecular weight is 401 g/mol. The normalized spacial score (nSPS) is 12.0. The van der Waals surface area contributed by atoms with Crippen molar-refractivity contribution in [2.45, 2.75) is 52.4 Å². The third kappa shape index (κ3) is 4.95. The van der Waals surface area contributed by atoms with Gasteiger partial charge in [-0.15, -0.1) is 0 Å². The maximum atomic E-state index is 9.44. The quantitative estimate of drug-likeness (QED) is 0.573. The van der Waals surface area contributed by atoms with Crippen LogP contribution in [0, 0.1) is 0 Å². The fraction of sp³-hybridized carbons (Fsp3) is 0.308. The minimum atomic E-state index is -1.47. The van der Waals surface area contributed by atoms with Gasteiger partial charge < -0.3 is 14.9 Å². The Morgan fingerprint density at radius 2 is 0.833 bits per heavy atom. The minimum absolute atomic E-state index is 0.0939. The van der Waals surface area contributed by atoms with Crippen LogP contribution in [-0.4, -0.2) is 17.2 Å². The third-order valence-electron chi connectivity index (χ3n) is 5.43. The number of hydrogen-bond donors (Lipinski definition) is 2. The van der Waals surface area contributed by atoms with Crippen molar-refractivity contribution in [3.05, 3.63) is 83.9 Å². The van der Waals surface area contributed by atoms with E-state index in [0.29, 0.717) is 5.46 Å². The van der Waals surface area contributed by atoms with Crippen LogP contribution in [0.5, 0.6) is 0 Å². The molecule has 2 N–H and O–H groups in total. The molecule has 4 heteroatoms. The summed E-state index contributed by atoms with van der Waals surface area (Å²) in [4.78, 5) is 2.19. The molecule has 3 rings (SSSR count). The summed E-state index contributed by atoms with van der Waals surface area (Å²) in [6, 6.07) is 24.6. The number of benzene rings is 3. The Balaban J connectivity index is 2.07. The monoisotopic (exact) mass is 401 g/mol. The fourth-order valence-electron chi connectivity index (χ4n) is 3.46. The number of anilines is 3. The van der Waals surface area contributed by atoms with E-state index in [2.05, 4.69) is 95.0 Å². The molecule has 0 aliphatic heterocycles. The van der Waals surface area contributed by atoms with E-state index in [1.54, 1.807) is 12.1 Å². The Bertz CT molecular complexity index is 907. The summed E-state index contributed by atoms with van der Waals surface area (Å²) in [5, 5.41) is 18.9. The molecule has 0 aliphatic rings. The van der Waals surface area contributed by atoms with Crippen LogP contribution in [0.3, 0.4) is 0 Å². The molecular weight excluding hydrogens is 369 g/mol. The van der Waals surface area contributed by atoms with Gasteiger partial charge in [-0.1, -0.05) is 77.9 Å². The molecule has 0 spiro atoms. The lowest BCUT2D eigenvalue weighted by molar-refractivity contribution is 0.426. The van der Waals surface area contributed by atoms with Crippen molar-refractivity contribution in [1.82, 2.24) is 0 Å². The van der Waals surface area contributed by atoms with Gasteiger partial charge in [0.15, 0.2) is 0 Å². The van der Waals surface area contributed by atoms with Gasteiger partial charge in [0.2, 0.25) is 0 Å². The summed E-state index contributed by atoms with van der Waals surface area (Å²) in [6.45, 7) is 13.3. The van der Waals surface area contributed by atoms with Gasteiger partial charge in [-0.3, -0.25) is 0 Å². The molecule has 0 fully saturated rings. The SMILES string of the molecule is CC(C)(C)c1ccc(N(c2ccc(B(O)O)cc2)c2ccc(C(C)(C)C)cc2)cc1. The van der Waals surface area contributed by atoms with Crippen molar-refractivity contribution in [3.63, 3.8) is 0 Å². The second kappa shape index (κ2) is 8.29. The third-order valence-corrected chi connectivity index (χ3v) is 5.43. The lowest BCUT2D eigenvalue weighted by atomic mass is 9.80. The van der Waals surface area contributed by atoms with Crippen LogP contribution in [0.15, 0.2) is 72.8 Å². The minimum Gasteiger partial charge on any atom is -0.423 e. The second-order valence-corrected chi connectivity index (χ2v) is 9.89. The molecule has 0 heterocycles. The first-order valence-electron chi connectivity index (χ1n) is 10.4. The number of rotatable bonds is 4. The number of hydrogen-bond acceptors (Lipinski definition) is 3. The summed E-state index contributed by atoms with van der Waals surface area (Å²) in [7, 11) is -1.47. The van der Waals surface area contributed by atoms with Gasteiger partial charge in [-0.25, -0.2) is 0 Å². The van der Waals surface area contributed by atoms with Gasteiger partial charge in [0.25, 0.3) is 0 Å². The van der Waals surface area contributed by atoms with Crippen LogP contribution in [0.2, 0.25) is 0 Å². The van der Waals surface area contributed by atoms with E-state index >= 15 is 0 Å². The van der Waals surface area contributed by atoms with Crippen molar-refractivity contribution in [3.8, 4) is 0 Å². The average Bonchev–Trinajstić information content (AvgIpc) is 2.68. The molecule has 3 nitrogen and oxygen atoms in total. The van der Waals surface area contributed by atoms with E-state index in [0.717, 1.165) is 17.1 Å². The van der Waals surface area contributed by atoms with Gasteiger partial charge in [-0.05, 0) is 63.8 Å². The molecule has 0 atom stereocenters. The fourth-order valence-corrected chi connectivity index (χ4v) is 3.46. The predicted molar refractivity (Wildman–Crippen MR) is 128 cm³/mol. The Hall–Kier alpha value is -2.56. The van der Waals surface area contributed by atoms with Gasteiger partial charge in [0.1, 0.15) is 0 Å². The maximum Gasteiger partial charge on any atom is 0.488 e. The Labute approximate surface area is 181 Å². The second-order valence-electron chi connectivity index (χ2n) is 9.89. The number of nitrogens with zero attached hydrogens (tertiary/aromatic N) is 1. The van der Waals surface area contributed by atoms with E-state index in [1.807, 2.05) is 12.1 Å². The van der Waals surface area contributed by atoms with Crippen LogP contribution in [-0.2, 0) is 10.8 Å². The molecule has 0 radical (unpaired) electrons. The van der Waals surface area contributed by atoms with Crippen LogP contribution in [0.25, 0.3) is 0 Å². The maximum absolute atomic E-state index is 9.44. The molecule has 30 heavy (non-hydrogen) atoms. The van der Waals surface area contributed by atoms with Gasteiger partial charge >= 0.3 is 7.12 Å². The zero-order valence-electron chi connectivity index (χ0n) is 18.8. The molecular formula is C26H32BNO2. The Morgan fingerprint density at radius 1 is 0.533 bits per heavy atom. The van der Waals surface area contributed by atoms with E-state index in [-0.39, 0.29) is 10.8 Å². The molecule has 0 amide bonds. The standard InChI is InChI=1S/C26H32BNO2/c1-25(2,3)19-7-13-22(14-8-19)28(24-17-11-21(12-18-24)27(29)30)23-15-9-20(10-16-23)26(4,5)6/h7-18,29-30H,1-6H3.